The van der Waals surface area contributed by atoms with Crippen molar-refractivity contribution in [2.24, 2.45) is 0 Å². The molecular weight excluding hydrogens is 322 g/mol. The third kappa shape index (κ3) is 3.40. The Morgan fingerprint density at radius 2 is 1.31 bits per heavy atom. The van der Waals surface area contributed by atoms with Gasteiger partial charge in [-0.2, -0.15) is 0 Å². The third-order valence-corrected chi connectivity index (χ3v) is 14.8. The summed E-state index contributed by atoms with van der Waals surface area (Å²) >= 11 is 4.58. The molecule has 0 saturated heterocycles. The van der Waals surface area contributed by atoms with Crippen LogP contribution in [0.1, 0.15) is 41.5 Å². The van der Waals surface area contributed by atoms with Crippen molar-refractivity contribution < 1.29 is 0 Å². The first-order chi connectivity index (χ1) is 7.14. The monoisotopic (exact) mass is 345 g/mol. The fraction of sp³-hybridized carbons (Fsp3) is 0.571. The van der Waals surface area contributed by atoms with Gasteiger partial charge >= 0.3 is 113 Å². The molecule has 1 aromatic rings. The zero-order valence-corrected chi connectivity index (χ0v) is 14.8. The normalized spacial score (nSPS) is 13.2. The molecule has 0 fully saturated rings. The number of halogens is 1. The maximum absolute atomic E-state index is 6.38. The molecule has 0 aliphatic heterocycles. The summed E-state index contributed by atoms with van der Waals surface area (Å²) in [5.41, 5.74) is 0. The Balaban J connectivity index is 3.29. The van der Waals surface area contributed by atoms with Crippen molar-refractivity contribution in [2.45, 2.75) is 48.4 Å². The van der Waals surface area contributed by atoms with Gasteiger partial charge in [-0.1, -0.05) is 0 Å². The summed E-state index contributed by atoms with van der Waals surface area (Å²) in [6.07, 6.45) is 0. The first kappa shape index (κ1) is 14.4. The van der Waals surface area contributed by atoms with E-state index in [1.54, 1.807) is 0 Å². The molecule has 0 N–H and O–H groups in total. The molecule has 0 aliphatic rings. The Labute approximate surface area is 112 Å². The number of rotatable bonds is 1. The van der Waals surface area contributed by atoms with Crippen LogP contribution in [-0.2, 0) is 0 Å². The summed E-state index contributed by atoms with van der Waals surface area (Å²) < 4.78 is 2.28. The SMILES string of the molecule is C[C](C)(C)[Sn]([c]1ccccc1Cl)[C](C)(C)C. The van der Waals surface area contributed by atoms with E-state index < -0.39 is 19.8 Å². The summed E-state index contributed by atoms with van der Waals surface area (Å²) in [6, 6.07) is 8.43. The summed E-state index contributed by atoms with van der Waals surface area (Å²) in [6.45, 7) is 14.2. The molecular formula is C14H22ClSn. The van der Waals surface area contributed by atoms with Gasteiger partial charge in [-0.3, -0.25) is 0 Å². The molecule has 0 atom stereocenters. The van der Waals surface area contributed by atoms with Crippen LogP contribution in [0.25, 0.3) is 0 Å². The number of hydrogen-bond acceptors (Lipinski definition) is 0. The first-order valence-corrected chi connectivity index (χ1v) is 10.4. The summed E-state index contributed by atoms with van der Waals surface area (Å²) in [7, 11) is 0. The molecule has 16 heavy (non-hydrogen) atoms. The van der Waals surface area contributed by atoms with Crippen LogP contribution in [0.2, 0.25) is 11.9 Å². The molecule has 0 saturated carbocycles. The number of hydrogen-bond donors (Lipinski definition) is 0. The van der Waals surface area contributed by atoms with Crippen molar-refractivity contribution in [1.29, 1.82) is 0 Å². The van der Waals surface area contributed by atoms with Crippen molar-refractivity contribution in [1.82, 2.24) is 0 Å². The Kier molecular flexibility index (Phi) is 4.39. The van der Waals surface area contributed by atoms with Crippen molar-refractivity contribution in [3.05, 3.63) is 29.3 Å². The molecule has 0 spiro atoms. The molecule has 1 aromatic carbocycles. The van der Waals surface area contributed by atoms with Crippen LogP contribution < -0.4 is 3.58 Å². The second kappa shape index (κ2) is 4.89. The van der Waals surface area contributed by atoms with Gasteiger partial charge in [0.15, 0.2) is 0 Å². The Bertz CT molecular complexity index is 344. The zero-order chi connectivity index (χ0) is 12.6. The van der Waals surface area contributed by atoms with E-state index in [1.807, 2.05) is 12.1 Å². The quantitative estimate of drug-likeness (QED) is 0.651. The average Bonchev–Trinajstić information content (AvgIpc) is 2.03. The Hall–Kier alpha value is 0.309. The predicted octanol–water partition coefficient (Wildman–Crippen LogP) is 4.64. The fourth-order valence-corrected chi connectivity index (χ4v) is 16.1. The molecule has 0 heterocycles. The van der Waals surface area contributed by atoms with Gasteiger partial charge in [-0.05, 0) is 0 Å². The zero-order valence-electron chi connectivity index (χ0n) is 11.2. The van der Waals surface area contributed by atoms with E-state index in [1.165, 1.54) is 3.58 Å². The van der Waals surface area contributed by atoms with Gasteiger partial charge in [0, 0.05) is 0 Å². The van der Waals surface area contributed by atoms with Gasteiger partial charge in [-0.15, -0.1) is 0 Å². The average molecular weight is 344 g/mol. The Morgan fingerprint density at radius 3 is 1.69 bits per heavy atom. The second-order valence-corrected chi connectivity index (χ2v) is 19.0. The molecule has 0 bridgehead atoms. The summed E-state index contributed by atoms with van der Waals surface area (Å²) in [5.74, 6) is 0. The summed E-state index contributed by atoms with van der Waals surface area (Å²) in [5, 5.41) is 0.974. The van der Waals surface area contributed by atoms with Crippen LogP contribution in [0, 0.1) is 0 Å². The molecule has 0 amide bonds. The van der Waals surface area contributed by atoms with Crippen molar-refractivity contribution in [2.75, 3.05) is 0 Å². The third-order valence-electron chi connectivity index (χ3n) is 2.64. The van der Waals surface area contributed by atoms with Crippen LogP contribution >= 0.6 is 11.6 Å². The van der Waals surface area contributed by atoms with E-state index in [9.17, 15) is 0 Å². The topological polar surface area (TPSA) is 0 Å². The molecule has 0 unspecified atom stereocenters. The standard InChI is InChI=1S/C6H4Cl.2C4H9.Sn/c7-6-4-2-1-3-5-6;2*1-4(2)3;/h1-4H;2*1-3H3;. The first-order valence-electron chi connectivity index (χ1n) is 5.77. The molecule has 0 aromatic heterocycles. The van der Waals surface area contributed by atoms with Gasteiger partial charge in [0.05, 0.1) is 0 Å². The maximum atomic E-state index is 6.38. The van der Waals surface area contributed by atoms with E-state index in [0.717, 1.165) is 5.02 Å². The molecule has 2 heteroatoms. The van der Waals surface area contributed by atoms with E-state index in [2.05, 4.69) is 53.7 Å². The van der Waals surface area contributed by atoms with Gasteiger partial charge in [0.1, 0.15) is 0 Å². The van der Waals surface area contributed by atoms with Crippen LogP contribution in [0.3, 0.4) is 0 Å². The fourth-order valence-electron chi connectivity index (χ4n) is 2.60. The van der Waals surface area contributed by atoms with E-state index in [4.69, 9.17) is 11.6 Å². The van der Waals surface area contributed by atoms with Crippen LogP contribution in [0.4, 0.5) is 0 Å². The molecule has 0 aliphatic carbocycles. The van der Waals surface area contributed by atoms with Gasteiger partial charge in [-0.25, -0.2) is 0 Å². The van der Waals surface area contributed by atoms with Crippen LogP contribution in [-0.4, -0.2) is 19.8 Å². The van der Waals surface area contributed by atoms with E-state index >= 15 is 0 Å². The molecule has 89 valence electrons. The van der Waals surface area contributed by atoms with E-state index in [0.29, 0.717) is 6.86 Å². The van der Waals surface area contributed by atoms with Gasteiger partial charge in [0.25, 0.3) is 0 Å². The van der Waals surface area contributed by atoms with Gasteiger partial charge < -0.3 is 0 Å². The number of benzene rings is 1. The van der Waals surface area contributed by atoms with Crippen molar-refractivity contribution in [3.8, 4) is 0 Å². The van der Waals surface area contributed by atoms with Crippen LogP contribution in [0.5, 0.6) is 0 Å². The molecule has 1 radical (unpaired) electrons. The predicted molar refractivity (Wildman–Crippen MR) is 76.3 cm³/mol. The second-order valence-electron chi connectivity index (χ2n) is 6.35. The summed E-state index contributed by atoms with van der Waals surface area (Å²) in [4.78, 5) is 0. The van der Waals surface area contributed by atoms with Crippen molar-refractivity contribution >= 4 is 34.9 Å². The minimum atomic E-state index is -1.80. The van der Waals surface area contributed by atoms with Gasteiger partial charge in [0.2, 0.25) is 0 Å². The van der Waals surface area contributed by atoms with E-state index in [-0.39, 0.29) is 0 Å². The minimum absolute atomic E-state index is 0.408. The van der Waals surface area contributed by atoms with Crippen LogP contribution in [0.15, 0.2) is 24.3 Å². The molecule has 0 nitrogen and oxygen atoms in total. The van der Waals surface area contributed by atoms with Crippen molar-refractivity contribution in [3.63, 3.8) is 0 Å². The Morgan fingerprint density at radius 1 is 0.875 bits per heavy atom. The molecule has 1 rings (SSSR count).